The summed E-state index contributed by atoms with van der Waals surface area (Å²) in [4.78, 5) is 20.3. The standard InChI is InChI=1S/C11H10Cl2N4OS/c12-5-3-7(15-9(5)13)10(18)17-11-16-6-1-2-14-4-8(6)19-11/h3,14-15H,1-2,4H2,(H,16,17,18). The van der Waals surface area contributed by atoms with Crippen LogP contribution in [0, 0.1) is 0 Å². The number of nitrogens with one attached hydrogen (secondary N) is 3. The number of carbonyl (C=O) groups excluding carboxylic acids is 1. The van der Waals surface area contributed by atoms with E-state index in [0.29, 0.717) is 15.8 Å². The van der Waals surface area contributed by atoms with Crippen molar-refractivity contribution in [3.63, 3.8) is 0 Å². The van der Waals surface area contributed by atoms with E-state index in [1.54, 1.807) is 0 Å². The normalized spacial score (nSPS) is 14.2. The van der Waals surface area contributed by atoms with Crippen LogP contribution in [-0.2, 0) is 13.0 Å². The molecule has 0 fully saturated rings. The fourth-order valence-electron chi connectivity index (χ4n) is 1.87. The molecule has 0 spiro atoms. The molecule has 2 aromatic heterocycles. The highest BCUT2D eigenvalue weighted by Gasteiger charge is 2.17. The zero-order valence-corrected chi connectivity index (χ0v) is 12.0. The van der Waals surface area contributed by atoms with Gasteiger partial charge in [-0.15, -0.1) is 11.3 Å². The van der Waals surface area contributed by atoms with Crippen LogP contribution in [0.1, 0.15) is 21.1 Å². The number of aromatic nitrogens is 2. The largest absolute Gasteiger partial charge is 0.340 e. The fourth-order valence-corrected chi connectivity index (χ4v) is 3.16. The Morgan fingerprint density at radius 3 is 3.00 bits per heavy atom. The monoisotopic (exact) mass is 316 g/mol. The molecule has 0 radical (unpaired) electrons. The molecule has 3 rings (SSSR count). The summed E-state index contributed by atoms with van der Waals surface area (Å²) in [7, 11) is 0. The van der Waals surface area contributed by atoms with E-state index in [-0.39, 0.29) is 11.1 Å². The van der Waals surface area contributed by atoms with Gasteiger partial charge in [0.15, 0.2) is 5.13 Å². The van der Waals surface area contributed by atoms with Crippen molar-refractivity contribution in [1.82, 2.24) is 15.3 Å². The third-order valence-corrected chi connectivity index (χ3v) is 4.50. The number of H-pyrrole nitrogens is 1. The molecule has 5 nitrogen and oxygen atoms in total. The van der Waals surface area contributed by atoms with Gasteiger partial charge >= 0.3 is 0 Å². The van der Waals surface area contributed by atoms with Gasteiger partial charge in [0.25, 0.3) is 5.91 Å². The topological polar surface area (TPSA) is 69.8 Å². The van der Waals surface area contributed by atoms with Crippen LogP contribution in [0.25, 0.3) is 0 Å². The molecular weight excluding hydrogens is 307 g/mol. The Morgan fingerprint density at radius 1 is 1.47 bits per heavy atom. The van der Waals surface area contributed by atoms with Crippen LogP contribution in [0.4, 0.5) is 5.13 Å². The Bertz CT molecular complexity index is 594. The molecule has 0 saturated heterocycles. The fraction of sp³-hybridized carbons (Fsp3) is 0.273. The van der Waals surface area contributed by atoms with Crippen LogP contribution in [0.2, 0.25) is 10.2 Å². The quantitative estimate of drug-likeness (QED) is 0.797. The minimum absolute atomic E-state index is 0.259. The van der Waals surface area contributed by atoms with Gasteiger partial charge in [-0.25, -0.2) is 4.98 Å². The average Bonchev–Trinajstić information content (AvgIpc) is 2.93. The van der Waals surface area contributed by atoms with Crippen molar-refractivity contribution in [2.75, 3.05) is 11.9 Å². The van der Waals surface area contributed by atoms with E-state index in [2.05, 4.69) is 20.6 Å². The van der Waals surface area contributed by atoms with Crippen molar-refractivity contribution in [3.8, 4) is 0 Å². The summed E-state index contributed by atoms with van der Waals surface area (Å²) in [5, 5.41) is 7.20. The van der Waals surface area contributed by atoms with Crippen molar-refractivity contribution in [1.29, 1.82) is 0 Å². The number of rotatable bonds is 2. The molecule has 19 heavy (non-hydrogen) atoms. The van der Waals surface area contributed by atoms with Crippen molar-refractivity contribution < 1.29 is 4.79 Å². The molecule has 100 valence electrons. The van der Waals surface area contributed by atoms with Crippen LogP contribution >= 0.6 is 34.5 Å². The number of halogens is 2. The number of nitrogens with zero attached hydrogens (tertiary/aromatic N) is 1. The Hall–Kier alpha value is -1.08. The Labute approximate surface area is 123 Å². The van der Waals surface area contributed by atoms with Gasteiger partial charge in [-0.1, -0.05) is 23.2 Å². The third-order valence-electron chi connectivity index (χ3n) is 2.79. The van der Waals surface area contributed by atoms with E-state index >= 15 is 0 Å². The maximum Gasteiger partial charge on any atom is 0.273 e. The van der Waals surface area contributed by atoms with E-state index in [1.807, 2.05) is 0 Å². The number of hydrogen-bond acceptors (Lipinski definition) is 4. The van der Waals surface area contributed by atoms with Crippen LogP contribution in [0.15, 0.2) is 6.07 Å². The smallest absolute Gasteiger partial charge is 0.273 e. The zero-order chi connectivity index (χ0) is 13.4. The van der Waals surface area contributed by atoms with Gasteiger partial charge in [-0.3, -0.25) is 10.1 Å². The summed E-state index contributed by atoms with van der Waals surface area (Å²) in [5.74, 6) is -0.298. The molecule has 0 unspecified atom stereocenters. The summed E-state index contributed by atoms with van der Waals surface area (Å²) in [6, 6.07) is 1.49. The molecule has 0 aliphatic carbocycles. The molecule has 1 aliphatic heterocycles. The predicted octanol–water partition coefficient (Wildman–Crippen LogP) is 2.68. The zero-order valence-electron chi connectivity index (χ0n) is 9.72. The lowest BCUT2D eigenvalue weighted by atomic mass is 10.2. The molecule has 0 atom stereocenters. The first-order valence-corrected chi connectivity index (χ1v) is 7.25. The van der Waals surface area contributed by atoms with Crippen LogP contribution < -0.4 is 10.6 Å². The molecule has 8 heteroatoms. The van der Waals surface area contributed by atoms with Crippen molar-refractivity contribution in [3.05, 3.63) is 32.5 Å². The average molecular weight is 317 g/mol. The van der Waals surface area contributed by atoms with E-state index in [9.17, 15) is 4.79 Å². The second-order valence-corrected chi connectivity index (χ2v) is 5.98. The van der Waals surface area contributed by atoms with Crippen molar-refractivity contribution >= 4 is 45.6 Å². The Morgan fingerprint density at radius 2 is 2.32 bits per heavy atom. The summed E-state index contributed by atoms with van der Waals surface area (Å²) >= 11 is 13.0. The molecule has 2 aromatic rings. The highest BCUT2D eigenvalue weighted by atomic mass is 35.5. The number of aromatic amines is 1. The van der Waals surface area contributed by atoms with Gasteiger partial charge in [0.1, 0.15) is 10.8 Å². The minimum Gasteiger partial charge on any atom is -0.340 e. The van der Waals surface area contributed by atoms with Crippen LogP contribution in [0.3, 0.4) is 0 Å². The van der Waals surface area contributed by atoms with E-state index in [4.69, 9.17) is 23.2 Å². The molecule has 0 saturated carbocycles. The lowest BCUT2D eigenvalue weighted by Gasteiger charge is -2.09. The van der Waals surface area contributed by atoms with Gasteiger partial charge in [-0.2, -0.15) is 0 Å². The summed E-state index contributed by atoms with van der Waals surface area (Å²) in [6.07, 6.45) is 0.891. The second-order valence-electron chi connectivity index (χ2n) is 4.11. The van der Waals surface area contributed by atoms with Crippen molar-refractivity contribution in [2.24, 2.45) is 0 Å². The third kappa shape index (κ3) is 2.62. The van der Waals surface area contributed by atoms with E-state index in [0.717, 1.165) is 25.2 Å². The van der Waals surface area contributed by atoms with Gasteiger partial charge in [0.2, 0.25) is 0 Å². The summed E-state index contributed by atoms with van der Waals surface area (Å²) < 4.78 is 0. The molecule has 0 bridgehead atoms. The summed E-state index contributed by atoms with van der Waals surface area (Å²) in [5.41, 5.74) is 1.38. The van der Waals surface area contributed by atoms with Crippen LogP contribution in [-0.4, -0.2) is 22.4 Å². The predicted molar refractivity (Wildman–Crippen MR) is 76.3 cm³/mol. The number of anilines is 1. The van der Waals surface area contributed by atoms with Crippen LogP contribution in [0.5, 0.6) is 0 Å². The second kappa shape index (κ2) is 5.13. The number of thiazole rings is 1. The van der Waals surface area contributed by atoms with E-state index < -0.39 is 0 Å². The number of hydrogen-bond donors (Lipinski definition) is 3. The minimum atomic E-state index is -0.298. The molecular formula is C11H10Cl2N4OS. The Balaban J connectivity index is 1.77. The highest BCUT2D eigenvalue weighted by Crippen LogP contribution is 2.26. The SMILES string of the molecule is O=C(Nc1nc2c(s1)CNCC2)c1cc(Cl)c(Cl)[nH]1. The maximum atomic E-state index is 12.0. The van der Waals surface area contributed by atoms with Gasteiger partial charge in [0, 0.05) is 24.4 Å². The number of fused-ring (bicyclic) bond motifs is 1. The Kier molecular flexibility index (Phi) is 3.49. The maximum absolute atomic E-state index is 12.0. The number of amides is 1. The molecule has 3 heterocycles. The lowest BCUT2D eigenvalue weighted by molar-refractivity contribution is 0.102. The molecule has 0 aromatic carbocycles. The van der Waals surface area contributed by atoms with Crippen molar-refractivity contribution in [2.45, 2.75) is 13.0 Å². The first kappa shape index (κ1) is 12.9. The first-order chi connectivity index (χ1) is 9.13. The lowest BCUT2D eigenvalue weighted by Crippen LogP contribution is -2.22. The molecule has 1 amide bonds. The summed E-state index contributed by atoms with van der Waals surface area (Å²) in [6.45, 7) is 1.73. The highest BCUT2D eigenvalue weighted by molar-refractivity contribution is 7.15. The van der Waals surface area contributed by atoms with E-state index in [1.165, 1.54) is 22.3 Å². The first-order valence-electron chi connectivity index (χ1n) is 5.68. The molecule has 3 N–H and O–H groups in total. The van der Waals surface area contributed by atoms with Gasteiger partial charge < -0.3 is 10.3 Å². The molecule has 1 aliphatic rings. The van der Waals surface area contributed by atoms with Gasteiger partial charge in [-0.05, 0) is 6.07 Å². The number of carbonyl (C=O) groups is 1. The van der Waals surface area contributed by atoms with Gasteiger partial charge in [0.05, 0.1) is 10.7 Å².